The second-order valence-corrected chi connectivity index (χ2v) is 6.95. The van der Waals surface area contributed by atoms with E-state index in [0.29, 0.717) is 29.2 Å². The lowest BCUT2D eigenvalue weighted by molar-refractivity contribution is 0.0666. The Hall–Kier alpha value is -3.98. The van der Waals surface area contributed by atoms with E-state index in [1.54, 1.807) is 17.0 Å². The molecule has 0 saturated heterocycles. The van der Waals surface area contributed by atoms with Crippen LogP contribution in [0, 0.1) is 11.3 Å². The summed E-state index contributed by atoms with van der Waals surface area (Å²) in [5.41, 5.74) is 3.88. The van der Waals surface area contributed by atoms with Crippen molar-refractivity contribution in [1.82, 2.24) is 4.90 Å². The number of amides is 1. The van der Waals surface area contributed by atoms with Gasteiger partial charge in [0.15, 0.2) is 11.5 Å². The summed E-state index contributed by atoms with van der Waals surface area (Å²) in [6, 6.07) is 22.6. The highest BCUT2D eigenvalue weighted by molar-refractivity contribution is 6.01. The molecule has 3 aromatic rings. The van der Waals surface area contributed by atoms with Gasteiger partial charge >= 0.3 is 0 Å². The minimum absolute atomic E-state index is 0.0497. The number of hydrogen-bond donors (Lipinski definition) is 1. The van der Waals surface area contributed by atoms with Gasteiger partial charge in [0.2, 0.25) is 6.79 Å². The number of nitriles is 1. The highest BCUT2D eigenvalue weighted by Gasteiger charge is 2.33. The topological polar surface area (TPSA) is 74.6 Å². The lowest BCUT2D eigenvalue weighted by atomic mass is 10.0. The van der Waals surface area contributed by atoms with Gasteiger partial charge in [-0.1, -0.05) is 30.3 Å². The number of nitrogens with zero attached hydrogens (tertiary/aromatic N) is 2. The average molecular weight is 383 g/mol. The Balaban J connectivity index is 1.53. The predicted molar refractivity (Wildman–Crippen MR) is 106 cm³/mol. The number of para-hydroxylation sites is 1. The standard InChI is InChI=1S/C23H17N3O3/c24-12-15-5-8-17(9-6-15)22-25-19-4-2-1-3-18(19)23(27)26(22)13-16-7-10-20-21(11-16)29-14-28-20/h1-11,22,25H,13-14H2/t22-/m0/s1. The highest BCUT2D eigenvalue weighted by Crippen LogP contribution is 2.36. The molecule has 29 heavy (non-hydrogen) atoms. The molecule has 0 fully saturated rings. The second-order valence-electron chi connectivity index (χ2n) is 6.95. The van der Waals surface area contributed by atoms with Crippen molar-refractivity contribution in [2.45, 2.75) is 12.7 Å². The van der Waals surface area contributed by atoms with Gasteiger partial charge in [0.25, 0.3) is 5.91 Å². The Labute approximate surface area is 167 Å². The molecule has 0 saturated carbocycles. The molecule has 3 aromatic carbocycles. The summed E-state index contributed by atoms with van der Waals surface area (Å²) in [4.78, 5) is 15.1. The van der Waals surface area contributed by atoms with Gasteiger partial charge in [-0.05, 0) is 47.5 Å². The summed E-state index contributed by atoms with van der Waals surface area (Å²) in [7, 11) is 0. The zero-order valence-electron chi connectivity index (χ0n) is 15.5. The monoisotopic (exact) mass is 383 g/mol. The smallest absolute Gasteiger partial charge is 0.258 e. The summed E-state index contributed by atoms with van der Waals surface area (Å²) in [5, 5.41) is 12.6. The van der Waals surface area contributed by atoms with Crippen molar-refractivity contribution in [2.24, 2.45) is 0 Å². The van der Waals surface area contributed by atoms with Crippen LogP contribution < -0.4 is 14.8 Å². The SMILES string of the molecule is N#Cc1ccc([C@H]2Nc3ccccc3C(=O)N2Cc2ccc3c(c2)OCO3)cc1. The number of nitrogens with one attached hydrogen (secondary N) is 1. The first-order valence-corrected chi connectivity index (χ1v) is 9.28. The van der Waals surface area contributed by atoms with Crippen LogP contribution in [0.3, 0.4) is 0 Å². The fraction of sp³-hybridized carbons (Fsp3) is 0.130. The Morgan fingerprint density at radius 1 is 1.03 bits per heavy atom. The maximum atomic E-state index is 13.3. The molecule has 1 amide bonds. The molecule has 1 N–H and O–H groups in total. The van der Waals surface area contributed by atoms with E-state index in [1.807, 2.05) is 54.6 Å². The third-order valence-electron chi connectivity index (χ3n) is 5.17. The van der Waals surface area contributed by atoms with E-state index in [0.717, 1.165) is 16.8 Å². The molecule has 0 spiro atoms. The molecule has 0 unspecified atom stereocenters. The number of hydrogen-bond acceptors (Lipinski definition) is 5. The maximum Gasteiger partial charge on any atom is 0.258 e. The molecule has 0 radical (unpaired) electrons. The largest absolute Gasteiger partial charge is 0.454 e. The Morgan fingerprint density at radius 2 is 1.83 bits per heavy atom. The van der Waals surface area contributed by atoms with Crippen LogP contribution in [0.25, 0.3) is 0 Å². The summed E-state index contributed by atoms with van der Waals surface area (Å²) >= 11 is 0. The van der Waals surface area contributed by atoms with Gasteiger partial charge < -0.3 is 19.7 Å². The third kappa shape index (κ3) is 3.03. The zero-order chi connectivity index (χ0) is 19.8. The summed E-state index contributed by atoms with van der Waals surface area (Å²) in [5.74, 6) is 1.35. The van der Waals surface area contributed by atoms with E-state index in [1.165, 1.54) is 0 Å². The minimum Gasteiger partial charge on any atom is -0.454 e. The van der Waals surface area contributed by atoms with Crippen molar-refractivity contribution in [1.29, 1.82) is 5.26 Å². The maximum absolute atomic E-state index is 13.3. The van der Waals surface area contributed by atoms with Crippen LogP contribution in [-0.4, -0.2) is 17.6 Å². The third-order valence-corrected chi connectivity index (χ3v) is 5.17. The summed E-state index contributed by atoms with van der Waals surface area (Å²) < 4.78 is 10.9. The van der Waals surface area contributed by atoms with Crippen molar-refractivity contribution in [2.75, 3.05) is 12.1 Å². The predicted octanol–water partition coefficient (Wildman–Crippen LogP) is 4.05. The van der Waals surface area contributed by atoms with Crippen LogP contribution in [0.1, 0.15) is 33.2 Å². The van der Waals surface area contributed by atoms with Crippen LogP contribution in [0.2, 0.25) is 0 Å². The molecule has 6 nitrogen and oxygen atoms in total. The van der Waals surface area contributed by atoms with Gasteiger partial charge in [0, 0.05) is 12.2 Å². The number of carbonyl (C=O) groups excluding carboxylic acids is 1. The van der Waals surface area contributed by atoms with E-state index >= 15 is 0 Å². The second kappa shape index (κ2) is 6.88. The lowest BCUT2D eigenvalue weighted by Crippen LogP contribution is -2.42. The normalized spacial score (nSPS) is 16.7. The van der Waals surface area contributed by atoms with Crippen LogP contribution in [-0.2, 0) is 6.54 Å². The van der Waals surface area contributed by atoms with Crippen molar-refractivity contribution < 1.29 is 14.3 Å². The molecular weight excluding hydrogens is 366 g/mol. The van der Waals surface area contributed by atoms with Gasteiger partial charge in [-0.25, -0.2) is 0 Å². The first kappa shape index (κ1) is 17.1. The number of ether oxygens (including phenoxy) is 2. The first-order valence-electron chi connectivity index (χ1n) is 9.28. The van der Waals surface area contributed by atoms with Crippen molar-refractivity contribution in [3.05, 3.63) is 89.0 Å². The molecule has 2 aliphatic rings. The highest BCUT2D eigenvalue weighted by atomic mass is 16.7. The Morgan fingerprint density at radius 3 is 2.66 bits per heavy atom. The van der Waals surface area contributed by atoms with Crippen molar-refractivity contribution >= 4 is 11.6 Å². The van der Waals surface area contributed by atoms with Crippen molar-refractivity contribution in [3.8, 4) is 17.6 Å². The van der Waals surface area contributed by atoms with E-state index < -0.39 is 0 Å². The molecule has 142 valence electrons. The Bertz CT molecular complexity index is 1130. The number of rotatable bonds is 3. The van der Waals surface area contributed by atoms with Gasteiger partial charge in [-0.2, -0.15) is 5.26 Å². The van der Waals surface area contributed by atoms with Gasteiger partial charge in [0.1, 0.15) is 6.17 Å². The van der Waals surface area contributed by atoms with Gasteiger partial charge in [0.05, 0.1) is 17.2 Å². The molecule has 1 atom stereocenters. The zero-order valence-corrected chi connectivity index (χ0v) is 15.5. The summed E-state index contributed by atoms with van der Waals surface area (Å²) in [6.45, 7) is 0.617. The van der Waals surface area contributed by atoms with Gasteiger partial charge in [-0.3, -0.25) is 4.79 Å². The first-order chi connectivity index (χ1) is 14.2. The van der Waals surface area contributed by atoms with Crippen molar-refractivity contribution in [3.63, 3.8) is 0 Å². The average Bonchev–Trinajstić information content (AvgIpc) is 3.24. The quantitative estimate of drug-likeness (QED) is 0.738. The number of carbonyl (C=O) groups is 1. The van der Waals surface area contributed by atoms with E-state index in [-0.39, 0.29) is 18.9 Å². The molecule has 5 rings (SSSR count). The number of benzene rings is 3. The molecular formula is C23H17N3O3. The van der Waals surface area contributed by atoms with Crippen LogP contribution in [0.5, 0.6) is 11.5 Å². The van der Waals surface area contributed by atoms with Crippen LogP contribution in [0.4, 0.5) is 5.69 Å². The Kier molecular flexibility index (Phi) is 4.07. The van der Waals surface area contributed by atoms with E-state index in [2.05, 4.69) is 11.4 Å². The fourth-order valence-corrected chi connectivity index (χ4v) is 3.69. The molecule has 0 bridgehead atoms. The number of fused-ring (bicyclic) bond motifs is 2. The van der Waals surface area contributed by atoms with Crippen LogP contribution in [0.15, 0.2) is 66.7 Å². The number of anilines is 1. The molecule has 6 heteroatoms. The van der Waals surface area contributed by atoms with Crippen LogP contribution >= 0.6 is 0 Å². The molecule has 0 aliphatic carbocycles. The molecule has 2 heterocycles. The van der Waals surface area contributed by atoms with E-state index in [9.17, 15) is 4.79 Å². The minimum atomic E-state index is -0.351. The fourth-order valence-electron chi connectivity index (χ4n) is 3.69. The summed E-state index contributed by atoms with van der Waals surface area (Å²) in [6.07, 6.45) is -0.351. The molecule has 2 aliphatic heterocycles. The van der Waals surface area contributed by atoms with Gasteiger partial charge in [-0.15, -0.1) is 0 Å². The van der Waals surface area contributed by atoms with E-state index in [4.69, 9.17) is 14.7 Å². The lowest BCUT2D eigenvalue weighted by Gasteiger charge is -2.38. The molecule has 0 aromatic heterocycles.